The van der Waals surface area contributed by atoms with Crippen LogP contribution in [-0.4, -0.2) is 44.4 Å². The normalized spacial score (nSPS) is 16.1. The predicted octanol–water partition coefficient (Wildman–Crippen LogP) is 3.02. The summed E-state index contributed by atoms with van der Waals surface area (Å²) in [6.07, 6.45) is 1.19. The molecule has 1 aromatic heterocycles. The highest BCUT2D eigenvalue weighted by Crippen LogP contribution is 2.26. The summed E-state index contributed by atoms with van der Waals surface area (Å²) in [4.78, 5) is 12.3. The molecule has 8 heteroatoms. The minimum atomic E-state index is -3.42. The maximum atomic E-state index is 12.6. The SMILES string of the molecule is Cc1ccc(C)c(OCC(=O)NC2CCN(S(=O)(=O)c3cccs3)CC2)c1C. The largest absolute Gasteiger partial charge is 0.483 e. The highest BCUT2D eigenvalue weighted by molar-refractivity contribution is 7.91. The number of benzene rings is 1. The molecule has 0 aliphatic carbocycles. The van der Waals surface area contributed by atoms with Crippen LogP contribution >= 0.6 is 11.3 Å². The lowest BCUT2D eigenvalue weighted by atomic mass is 10.1. The Morgan fingerprint density at radius 3 is 2.50 bits per heavy atom. The fourth-order valence-electron chi connectivity index (χ4n) is 3.33. The summed E-state index contributed by atoms with van der Waals surface area (Å²) in [5, 5.41) is 4.73. The van der Waals surface area contributed by atoms with Gasteiger partial charge >= 0.3 is 0 Å². The second-order valence-electron chi connectivity index (χ2n) is 7.12. The van der Waals surface area contributed by atoms with Crippen LogP contribution < -0.4 is 10.1 Å². The molecule has 1 amide bonds. The molecule has 1 saturated heterocycles. The van der Waals surface area contributed by atoms with Gasteiger partial charge in [0, 0.05) is 19.1 Å². The second-order valence-corrected chi connectivity index (χ2v) is 10.2. The molecule has 2 aromatic rings. The number of carbonyl (C=O) groups excluding carboxylic acids is 1. The van der Waals surface area contributed by atoms with E-state index in [1.165, 1.54) is 15.6 Å². The first kappa shape index (κ1) is 20.8. The van der Waals surface area contributed by atoms with Crippen molar-refractivity contribution in [2.75, 3.05) is 19.7 Å². The molecule has 1 aliphatic heterocycles. The Labute approximate surface area is 170 Å². The number of rotatable bonds is 6. The molecular weight excluding hydrogens is 396 g/mol. The highest BCUT2D eigenvalue weighted by Gasteiger charge is 2.30. The first-order valence-corrected chi connectivity index (χ1v) is 11.6. The van der Waals surface area contributed by atoms with Crippen LogP contribution in [0.1, 0.15) is 29.5 Å². The number of nitrogens with one attached hydrogen (secondary N) is 1. The van der Waals surface area contributed by atoms with Crippen LogP contribution in [-0.2, 0) is 14.8 Å². The number of thiophene rings is 1. The van der Waals surface area contributed by atoms with E-state index in [1.807, 2.05) is 32.9 Å². The van der Waals surface area contributed by atoms with E-state index in [0.29, 0.717) is 30.1 Å². The van der Waals surface area contributed by atoms with Gasteiger partial charge in [0.05, 0.1) is 0 Å². The van der Waals surface area contributed by atoms with Crippen LogP contribution in [0.4, 0.5) is 0 Å². The fraction of sp³-hybridized carbons (Fsp3) is 0.450. The van der Waals surface area contributed by atoms with Gasteiger partial charge in [-0.3, -0.25) is 4.79 Å². The number of amides is 1. The first-order chi connectivity index (χ1) is 13.3. The van der Waals surface area contributed by atoms with E-state index in [-0.39, 0.29) is 18.6 Å². The lowest BCUT2D eigenvalue weighted by Crippen LogP contribution is -2.47. The van der Waals surface area contributed by atoms with Crippen molar-refractivity contribution in [3.63, 3.8) is 0 Å². The Hall–Kier alpha value is -1.90. The van der Waals surface area contributed by atoms with Gasteiger partial charge in [-0.1, -0.05) is 18.2 Å². The average molecular weight is 423 g/mol. The highest BCUT2D eigenvalue weighted by atomic mass is 32.2. The minimum absolute atomic E-state index is 0.0365. The molecule has 1 N–H and O–H groups in total. The Balaban J connectivity index is 1.50. The van der Waals surface area contributed by atoms with E-state index >= 15 is 0 Å². The van der Waals surface area contributed by atoms with E-state index < -0.39 is 10.0 Å². The Bertz CT molecular complexity index is 931. The van der Waals surface area contributed by atoms with Crippen LogP contribution in [0, 0.1) is 20.8 Å². The van der Waals surface area contributed by atoms with Crippen molar-refractivity contribution in [3.8, 4) is 5.75 Å². The van der Waals surface area contributed by atoms with Crippen molar-refractivity contribution < 1.29 is 17.9 Å². The molecule has 0 bridgehead atoms. The maximum Gasteiger partial charge on any atom is 0.258 e. The molecule has 0 atom stereocenters. The lowest BCUT2D eigenvalue weighted by Gasteiger charge is -2.31. The zero-order valence-corrected chi connectivity index (χ0v) is 18.0. The van der Waals surface area contributed by atoms with Crippen molar-refractivity contribution in [2.45, 2.75) is 43.9 Å². The van der Waals surface area contributed by atoms with Gasteiger partial charge in [0.15, 0.2) is 6.61 Å². The summed E-state index contributed by atoms with van der Waals surface area (Å²) in [6.45, 7) is 6.73. The third-order valence-electron chi connectivity index (χ3n) is 5.13. The number of sulfonamides is 1. The monoisotopic (exact) mass is 422 g/mol. The van der Waals surface area contributed by atoms with E-state index in [2.05, 4.69) is 5.32 Å². The number of carbonyl (C=O) groups is 1. The lowest BCUT2D eigenvalue weighted by molar-refractivity contribution is -0.124. The van der Waals surface area contributed by atoms with Gasteiger partial charge in [0.25, 0.3) is 15.9 Å². The van der Waals surface area contributed by atoms with E-state index in [9.17, 15) is 13.2 Å². The molecule has 1 fully saturated rings. The smallest absolute Gasteiger partial charge is 0.258 e. The summed E-state index contributed by atoms with van der Waals surface area (Å²) in [5.41, 5.74) is 3.17. The van der Waals surface area contributed by atoms with Gasteiger partial charge in [-0.15, -0.1) is 11.3 Å². The number of aryl methyl sites for hydroxylation is 2. The number of piperidine rings is 1. The third-order valence-corrected chi connectivity index (χ3v) is 8.40. The Kier molecular flexibility index (Phi) is 6.42. The quantitative estimate of drug-likeness (QED) is 0.776. The fourth-order valence-corrected chi connectivity index (χ4v) is 5.95. The molecule has 2 heterocycles. The maximum absolute atomic E-state index is 12.6. The van der Waals surface area contributed by atoms with E-state index in [0.717, 1.165) is 22.4 Å². The zero-order chi connectivity index (χ0) is 20.3. The van der Waals surface area contributed by atoms with Crippen molar-refractivity contribution in [2.24, 2.45) is 0 Å². The van der Waals surface area contributed by atoms with Gasteiger partial charge in [-0.05, 0) is 61.7 Å². The van der Waals surface area contributed by atoms with Crippen LogP contribution in [0.5, 0.6) is 5.75 Å². The molecule has 0 radical (unpaired) electrons. The van der Waals surface area contributed by atoms with Crippen molar-refractivity contribution >= 4 is 27.3 Å². The summed E-state index contributed by atoms with van der Waals surface area (Å²) in [5.74, 6) is 0.576. The number of nitrogens with zero attached hydrogens (tertiary/aromatic N) is 1. The molecular formula is C20H26N2O4S2. The Morgan fingerprint density at radius 2 is 1.86 bits per heavy atom. The minimum Gasteiger partial charge on any atom is -0.483 e. The summed E-state index contributed by atoms with van der Waals surface area (Å²) >= 11 is 1.23. The van der Waals surface area contributed by atoms with Crippen LogP contribution in [0.15, 0.2) is 33.9 Å². The number of hydrogen-bond acceptors (Lipinski definition) is 5. The molecule has 1 aliphatic rings. The topological polar surface area (TPSA) is 75.7 Å². The van der Waals surface area contributed by atoms with Crippen LogP contribution in [0.25, 0.3) is 0 Å². The summed E-state index contributed by atoms with van der Waals surface area (Å²) in [7, 11) is -3.42. The second kappa shape index (κ2) is 8.63. The van der Waals surface area contributed by atoms with Gasteiger partial charge in [-0.2, -0.15) is 4.31 Å². The molecule has 0 unspecified atom stereocenters. The number of ether oxygens (including phenoxy) is 1. The van der Waals surface area contributed by atoms with Gasteiger partial charge < -0.3 is 10.1 Å². The first-order valence-electron chi connectivity index (χ1n) is 9.31. The standard InChI is InChI=1S/C20H26N2O4S2/c1-14-6-7-15(2)20(16(14)3)26-13-18(23)21-17-8-10-22(11-9-17)28(24,25)19-5-4-12-27-19/h4-7,12,17H,8-11,13H2,1-3H3,(H,21,23). The third kappa shape index (κ3) is 4.56. The van der Waals surface area contributed by atoms with E-state index in [1.54, 1.807) is 17.5 Å². The molecule has 28 heavy (non-hydrogen) atoms. The summed E-state index contributed by atoms with van der Waals surface area (Å²) < 4.78 is 32.7. The van der Waals surface area contributed by atoms with Gasteiger partial charge in [0.2, 0.25) is 0 Å². The summed E-state index contributed by atoms with van der Waals surface area (Å²) in [6, 6.07) is 7.35. The Morgan fingerprint density at radius 1 is 1.18 bits per heavy atom. The zero-order valence-electron chi connectivity index (χ0n) is 16.4. The van der Waals surface area contributed by atoms with E-state index in [4.69, 9.17) is 4.74 Å². The van der Waals surface area contributed by atoms with Gasteiger partial charge in [-0.25, -0.2) is 8.42 Å². The average Bonchev–Trinajstić information content (AvgIpc) is 3.21. The van der Waals surface area contributed by atoms with Crippen molar-refractivity contribution in [1.82, 2.24) is 9.62 Å². The van der Waals surface area contributed by atoms with Crippen LogP contribution in [0.3, 0.4) is 0 Å². The molecule has 0 spiro atoms. The number of hydrogen-bond donors (Lipinski definition) is 1. The molecule has 0 saturated carbocycles. The molecule has 1 aromatic carbocycles. The van der Waals surface area contributed by atoms with Crippen molar-refractivity contribution in [3.05, 3.63) is 46.3 Å². The molecule has 6 nitrogen and oxygen atoms in total. The van der Waals surface area contributed by atoms with Gasteiger partial charge in [0.1, 0.15) is 9.96 Å². The molecule has 3 rings (SSSR count). The van der Waals surface area contributed by atoms with Crippen LogP contribution in [0.2, 0.25) is 0 Å². The predicted molar refractivity (Wildman–Crippen MR) is 110 cm³/mol. The van der Waals surface area contributed by atoms with Crippen molar-refractivity contribution in [1.29, 1.82) is 0 Å². The molecule has 152 valence electrons.